The molecule has 1 saturated heterocycles. The quantitative estimate of drug-likeness (QED) is 0.394. The van der Waals surface area contributed by atoms with Crippen LogP contribution in [0.5, 0.6) is 0 Å². The van der Waals surface area contributed by atoms with Gasteiger partial charge in [-0.2, -0.15) is 4.72 Å². The second kappa shape index (κ2) is 13.7. The first kappa shape index (κ1) is 32.1. The summed E-state index contributed by atoms with van der Waals surface area (Å²) in [6.45, 7) is 7.65. The van der Waals surface area contributed by atoms with E-state index in [9.17, 15) is 27.6 Å². The van der Waals surface area contributed by atoms with Crippen molar-refractivity contribution < 1.29 is 32.0 Å². The number of hydrogen-bond acceptors (Lipinski definition) is 8. The number of benzene rings is 1. The fourth-order valence-corrected chi connectivity index (χ4v) is 6.31. The fourth-order valence-electron chi connectivity index (χ4n) is 5.08. The Kier molecular flexibility index (Phi) is 10.2. The van der Waals surface area contributed by atoms with E-state index in [0.29, 0.717) is 31.5 Å². The van der Waals surface area contributed by atoms with Crippen molar-refractivity contribution in [2.75, 3.05) is 18.0 Å². The third-order valence-corrected chi connectivity index (χ3v) is 9.10. The minimum atomic E-state index is -4.13. The molecular formula is C29H40N6O7S. The number of nitrogens with one attached hydrogen (secondary N) is 4. The van der Waals surface area contributed by atoms with Gasteiger partial charge in [-0.15, -0.1) is 0 Å². The molecule has 0 saturated carbocycles. The molecule has 1 aromatic heterocycles. The van der Waals surface area contributed by atoms with Crippen molar-refractivity contribution in [3.05, 3.63) is 41.6 Å². The van der Waals surface area contributed by atoms with Crippen LogP contribution in [0, 0.1) is 12.8 Å². The van der Waals surface area contributed by atoms with E-state index in [1.807, 2.05) is 13.8 Å². The number of piperidine rings is 1. The van der Waals surface area contributed by atoms with E-state index >= 15 is 0 Å². The number of amides is 4. The number of carbonyl (C=O) groups is 4. The molecule has 4 rings (SSSR count). The number of aromatic nitrogens is 1. The van der Waals surface area contributed by atoms with E-state index in [-0.39, 0.29) is 52.9 Å². The van der Waals surface area contributed by atoms with Gasteiger partial charge in [-0.1, -0.05) is 13.8 Å². The zero-order chi connectivity index (χ0) is 31.3. The van der Waals surface area contributed by atoms with Crippen LogP contribution in [-0.4, -0.2) is 62.2 Å². The van der Waals surface area contributed by atoms with Crippen LogP contribution in [-0.2, 0) is 24.4 Å². The van der Waals surface area contributed by atoms with Crippen LogP contribution in [0.2, 0.25) is 0 Å². The molecule has 1 aromatic carbocycles. The maximum absolute atomic E-state index is 13.6. The van der Waals surface area contributed by atoms with Gasteiger partial charge in [0.25, 0.3) is 5.91 Å². The Bertz CT molecular complexity index is 1450. The lowest BCUT2D eigenvalue weighted by Gasteiger charge is -2.27. The van der Waals surface area contributed by atoms with Crippen LogP contribution in [0.25, 0.3) is 0 Å². The lowest BCUT2D eigenvalue weighted by molar-refractivity contribution is -0.124. The average Bonchev–Trinajstić information content (AvgIpc) is 3.35. The summed E-state index contributed by atoms with van der Waals surface area (Å²) in [6.07, 6.45) is 3.24. The van der Waals surface area contributed by atoms with Gasteiger partial charge in [0.1, 0.15) is 23.9 Å². The predicted molar refractivity (Wildman–Crippen MR) is 158 cm³/mol. The summed E-state index contributed by atoms with van der Waals surface area (Å²) in [5, 5.41) is 8.22. The highest BCUT2D eigenvalue weighted by molar-refractivity contribution is 7.89. The lowest BCUT2D eigenvalue weighted by Crippen LogP contribution is -2.48. The first-order valence-corrected chi connectivity index (χ1v) is 16.1. The molecule has 2 aromatic rings. The van der Waals surface area contributed by atoms with Gasteiger partial charge in [0.05, 0.1) is 4.90 Å². The van der Waals surface area contributed by atoms with Crippen molar-refractivity contribution in [1.29, 1.82) is 0 Å². The van der Waals surface area contributed by atoms with E-state index in [2.05, 4.69) is 25.7 Å². The zero-order valence-corrected chi connectivity index (χ0v) is 25.8. The van der Waals surface area contributed by atoms with Crippen LogP contribution in [0.3, 0.4) is 0 Å². The number of hydrogen-bond donors (Lipinski definition) is 4. The highest BCUT2D eigenvalue weighted by Crippen LogP contribution is 2.25. The van der Waals surface area contributed by atoms with E-state index in [1.165, 1.54) is 12.1 Å². The highest BCUT2D eigenvalue weighted by atomic mass is 32.2. The Labute approximate surface area is 251 Å². The first-order valence-electron chi connectivity index (χ1n) is 14.7. The largest absolute Gasteiger partial charge is 0.443 e. The van der Waals surface area contributed by atoms with E-state index in [4.69, 9.17) is 4.42 Å². The van der Waals surface area contributed by atoms with Gasteiger partial charge < -0.3 is 25.3 Å². The smallest absolute Gasteiger partial charge is 0.274 e. The molecule has 14 heteroatoms. The van der Waals surface area contributed by atoms with Crippen molar-refractivity contribution in [1.82, 2.24) is 25.7 Å². The van der Waals surface area contributed by atoms with Crippen molar-refractivity contribution in [2.45, 2.75) is 89.2 Å². The van der Waals surface area contributed by atoms with Gasteiger partial charge >= 0.3 is 0 Å². The maximum Gasteiger partial charge on any atom is 0.274 e. The Hall–Kier alpha value is -3.78. The van der Waals surface area contributed by atoms with E-state index < -0.39 is 40.0 Å². The molecule has 0 spiro atoms. The minimum Gasteiger partial charge on any atom is -0.443 e. The molecule has 3 atom stereocenters. The molecule has 0 radical (unpaired) electrons. The minimum absolute atomic E-state index is 0.00190. The number of fused-ring (bicyclic) bond motifs is 2. The van der Waals surface area contributed by atoms with Crippen molar-refractivity contribution in [3.8, 4) is 0 Å². The van der Waals surface area contributed by atoms with Crippen LogP contribution in [0.1, 0.15) is 87.5 Å². The number of rotatable bonds is 5. The number of anilines is 1. The molecule has 2 aliphatic heterocycles. The predicted octanol–water partition coefficient (Wildman–Crippen LogP) is 2.08. The summed E-state index contributed by atoms with van der Waals surface area (Å²) in [7, 11) is -4.13. The first-order chi connectivity index (χ1) is 20.4. The number of carbonyl (C=O) groups excluding carboxylic acids is 4. The van der Waals surface area contributed by atoms with Gasteiger partial charge in [-0.25, -0.2) is 13.4 Å². The molecule has 0 aliphatic carbocycles. The van der Waals surface area contributed by atoms with Gasteiger partial charge in [0.2, 0.25) is 33.6 Å². The summed E-state index contributed by atoms with van der Waals surface area (Å²) in [5.74, 6) is -1.45. The standard InChI is InChI=1S/C29H40N6O7S/c1-17(2)24-29-33-25(19(4)42-29)28(39)31-18(3)26(37)30-15-7-5-9-22(27(38)32-24)34-43(40,41)21-13-11-20(12-14-21)35-16-8-6-10-23(35)36/h11-14,17-18,22,24,34H,5-10,15-16H2,1-4H3,(H,30,37)(H,31,39)(H,32,38)/t18-,22+,24+/m1/s1. The van der Waals surface area contributed by atoms with Gasteiger partial charge in [-0.3, -0.25) is 19.2 Å². The highest BCUT2D eigenvalue weighted by Gasteiger charge is 2.32. The van der Waals surface area contributed by atoms with Crippen LogP contribution in [0.4, 0.5) is 5.69 Å². The summed E-state index contributed by atoms with van der Waals surface area (Å²) in [4.78, 5) is 57.1. The third-order valence-electron chi connectivity index (χ3n) is 7.61. The number of nitrogens with zero attached hydrogens (tertiary/aromatic N) is 2. The number of sulfonamides is 1. The topological polar surface area (TPSA) is 180 Å². The van der Waals surface area contributed by atoms with Crippen LogP contribution >= 0.6 is 0 Å². The number of oxazole rings is 1. The van der Waals surface area contributed by atoms with Gasteiger partial charge in [-0.05, 0) is 76.1 Å². The van der Waals surface area contributed by atoms with Crippen LogP contribution < -0.4 is 25.6 Å². The molecule has 1 fully saturated rings. The maximum atomic E-state index is 13.6. The molecule has 43 heavy (non-hydrogen) atoms. The average molecular weight is 617 g/mol. The Morgan fingerprint density at radius 3 is 2.40 bits per heavy atom. The second-order valence-electron chi connectivity index (χ2n) is 11.3. The molecule has 0 unspecified atom stereocenters. The van der Waals surface area contributed by atoms with Gasteiger partial charge in [0.15, 0.2) is 5.69 Å². The molecule has 2 bridgehead atoms. The molecule has 4 amide bonds. The lowest BCUT2D eigenvalue weighted by atomic mass is 10.0. The Morgan fingerprint density at radius 2 is 1.72 bits per heavy atom. The Morgan fingerprint density at radius 1 is 1.00 bits per heavy atom. The van der Waals surface area contributed by atoms with Crippen molar-refractivity contribution >= 4 is 39.3 Å². The molecule has 234 valence electrons. The normalized spacial score (nSPS) is 23.1. The molecular weight excluding hydrogens is 576 g/mol. The molecule has 2 aliphatic rings. The Balaban J connectivity index is 1.58. The molecule has 13 nitrogen and oxygen atoms in total. The summed E-state index contributed by atoms with van der Waals surface area (Å²) < 4.78 is 35.2. The summed E-state index contributed by atoms with van der Waals surface area (Å²) >= 11 is 0. The zero-order valence-electron chi connectivity index (χ0n) is 24.9. The van der Waals surface area contributed by atoms with Crippen LogP contribution in [0.15, 0.2) is 33.6 Å². The van der Waals surface area contributed by atoms with Crippen molar-refractivity contribution in [3.63, 3.8) is 0 Å². The second-order valence-corrected chi connectivity index (χ2v) is 13.1. The van der Waals surface area contributed by atoms with E-state index in [0.717, 1.165) is 12.8 Å². The number of aryl methyl sites for hydroxylation is 1. The molecule has 3 heterocycles. The fraction of sp³-hybridized carbons (Fsp3) is 0.552. The third kappa shape index (κ3) is 7.79. The summed E-state index contributed by atoms with van der Waals surface area (Å²) in [5.41, 5.74) is 0.616. The van der Waals surface area contributed by atoms with Gasteiger partial charge in [0, 0.05) is 25.2 Å². The van der Waals surface area contributed by atoms with E-state index in [1.54, 1.807) is 30.9 Å². The van der Waals surface area contributed by atoms with Crippen molar-refractivity contribution in [2.24, 2.45) is 5.92 Å². The summed E-state index contributed by atoms with van der Waals surface area (Å²) in [6, 6.07) is 3.30. The monoisotopic (exact) mass is 616 g/mol. The SMILES string of the molecule is Cc1oc2nc1C(=O)N[C@H](C)C(=O)NCCCC[C@H](NS(=O)(=O)c1ccc(N3CCCCC3=O)cc1)C(=O)N[C@H]2C(C)C. The molecule has 4 N–H and O–H groups in total.